The molecule has 0 radical (unpaired) electrons. The van der Waals surface area contributed by atoms with Crippen molar-refractivity contribution in [3.63, 3.8) is 0 Å². The summed E-state index contributed by atoms with van der Waals surface area (Å²) in [5.41, 5.74) is 0.624. The van der Waals surface area contributed by atoms with E-state index in [-0.39, 0.29) is 12.2 Å². The van der Waals surface area contributed by atoms with Gasteiger partial charge < -0.3 is 5.32 Å². The van der Waals surface area contributed by atoms with Gasteiger partial charge in [0.2, 0.25) is 5.91 Å². The molecule has 2 rings (SSSR count). The lowest BCUT2D eigenvalue weighted by molar-refractivity contribution is -0.115. The Hall–Kier alpha value is -2.00. The van der Waals surface area contributed by atoms with Gasteiger partial charge in [-0.2, -0.15) is 5.26 Å². The lowest BCUT2D eigenvalue weighted by atomic mass is 10.3. The highest BCUT2D eigenvalue weighted by atomic mass is 32.1. The minimum absolute atomic E-state index is 0.218. The van der Waals surface area contributed by atoms with Gasteiger partial charge in [-0.3, -0.25) is 4.79 Å². The lowest BCUT2D eigenvalue weighted by Gasteiger charge is -1.94. The first-order valence-electron chi connectivity index (χ1n) is 4.42. The van der Waals surface area contributed by atoms with Crippen LogP contribution in [0.2, 0.25) is 0 Å². The molecule has 0 unspecified atom stereocenters. The van der Waals surface area contributed by atoms with Gasteiger partial charge in [-0.05, 0) is 18.2 Å². The van der Waals surface area contributed by atoms with E-state index >= 15 is 0 Å². The average Bonchev–Trinajstić information content (AvgIpc) is 2.59. The van der Waals surface area contributed by atoms with Gasteiger partial charge >= 0.3 is 0 Å². The standard InChI is InChI=1S/C10H6FN3OS/c11-6-1-2-7-8(5-6)16-10(13-7)14-9(15)3-4-12/h1-2,5H,3H2,(H,13,14,15). The van der Waals surface area contributed by atoms with Crippen LogP contribution in [0.5, 0.6) is 0 Å². The number of carbonyl (C=O) groups excluding carboxylic acids is 1. The molecule has 0 saturated carbocycles. The summed E-state index contributed by atoms with van der Waals surface area (Å²) in [6.45, 7) is 0. The van der Waals surface area contributed by atoms with Crippen LogP contribution in [0.25, 0.3) is 10.2 Å². The topological polar surface area (TPSA) is 65.8 Å². The quantitative estimate of drug-likeness (QED) is 0.868. The van der Waals surface area contributed by atoms with Crippen molar-refractivity contribution < 1.29 is 9.18 Å². The normalized spacial score (nSPS) is 10.0. The number of benzene rings is 1. The Kier molecular flexibility index (Phi) is 2.79. The Balaban J connectivity index is 2.27. The smallest absolute Gasteiger partial charge is 0.240 e. The van der Waals surface area contributed by atoms with Crippen molar-refractivity contribution in [3.8, 4) is 6.07 Å². The summed E-state index contributed by atoms with van der Waals surface area (Å²) in [7, 11) is 0. The number of nitrogens with one attached hydrogen (secondary N) is 1. The van der Waals surface area contributed by atoms with Gasteiger partial charge in [0, 0.05) is 0 Å². The number of thiazole rings is 1. The highest BCUT2D eigenvalue weighted by Crippen LogP contribution is 2.26. The molecule has 0 bridgehead atoms. The molecule has 0 fully saturated rings. The SMILES string of the molecule is N#CCC(=O)Nc1nc2ccc(F)cc2s1. The van der Waals surface area contributed by atoms with Gasteiger partial charge in [-0.15, -0.1) is 0 Å². The second kappa shape index (κ2) is 4.24. The van der Waals surface area contributed by atoms with Crippen molar-refractivity contribution in [2.45, 2.75) is 6.42 Å². The first-order chi connectivity index (χ1) is 7.69. The van der Waals surface area contributed by atoms with E-state index in [4.69, 9.17) is 5.26 Å². The highest BCUT2D eigenvalue weighted by molar-refractivity contribution is 7.22. The number of nitrogens with zero attached hydrogens (tertiary/aromatic N) is 2. The number of aromatic nitrogens is 1. The molecule has 0 spiro atoms. The molecule has 4 nitrogen and oxygen atoms in total. The van der Waals surface area contributed by atoms with Crippen LogP contribution in [-0.2, 0) is 4.79 Å². The summed E-state index contributed by atoms with van der Waals surface area (Å²) >= 11 is 1.17. The van der Waals surface area contributed by atoms with Crippen LogP contribution in [0, 0.1) is 17.1 Å². The molecule has 0 aliphatic heterocycles. The highest BCUT2D eigenvalue weighted by Gasteiger charge is 2.07. The molecule has 1 aromatic heterocycles. The van der Waals surface area contributed by atoms with Gasteiger partial charge in [-0.25, -0.2) is 9.37 Å². The van der Waals surface area contributed by atoms with Crippen molar-refractivity contribution in [2.75, 3.05) is 5.32 Å². The molecule has 0 aliphatic carbocycles. The average molecular weight is 235 g/mol. The monoisotopic (exact) mass is 235 g/mol. The van der Waals surface area contributed by atoms with Crippen molar-refractivity contribution in [1.29, 1.82) is 5.26 Å². The molecule has 1 aromatic carbocycles. The van der Waals surface area contributed by atoms with E-state index in [0.717, 1.165) is 0 Å². The van der Waals surface area contributed by atoms with E-state index in [0.29, 0.717) is 15.3 Å². The third kappa shape index (κ3) is 2.15. The van der Waals surface area contributed by atoms with Crippen LogP contribution in [-0.4, -0.2) is 10.9 Å². The number of anilines is 1. The summed E-state index contributed by atoms with van der Waals surface area (Å²) in [5, 5.41) is 11.2. The first-order valence-corrected chi connectivity index (χ1v) is 5.23. The molecule has 80 valence electrons. The Labute approximate surface area is 94.3 Å². The number of hydrogen-bond donors (Lipinski definition) is 1. The Morgan fingerprint density at radius 1 is 1.62 bits per heavy atom. The molecule has 0 atom stereocenters. The molecule has 0 saturated heterocycles. The number of carbonyl (C=O) groups is 1. The zero-order valence-corrected chi connectivity index (χ0v) is 8.84. The molecule has 2 aromatic rings. The molecular weight excluding hydrogens is 229 g/mol. The number of fused-ring (bicyclic) bond motifs is 1. The van der Waals surface area contributed by atoms with Crippen LogP contribution >= 0.6 is 11.3 Å². The molecule has 1 amide bonds. The zero-order chi connectivity index (χ0) is 11.5. The Morgan fingerprint density at radius 2 is 2.44 bits per heavy atom. The minimum atomic E-state index is -0.415. The Bertz CT molecular complexity index is 587. The van der Waals surface area contributed by atoms with Crippen LogP contribution < -0.4 is 5.32 Å². The number of hydrogen-bond acceptors (Lipinski definition) is 4. The van der Waals surface area contributed by atoms with Crippen LogP contribution in [0.1, 0.15) is 6.42 Å². The van der Waals surface area contributed by atoms with Crippen LogP contribution in [0.4, 0.5) is 9.52 Å². The first kappa shape index (κ1) is 10.5. The second-order valence-electron chi connectivity index (χ2n) is 3.01. The van der Waals surface area contributed by atoms with E-state index in [9.17, 15) is 9.18 Å². The molecule has 1 N–H and O–H groups in total. The fourth-order valence-electron chi connectivity index (χ4n) is 1.19. The molecular formula is C10H6FN3OS. The number of rotatable bonds is 2. The van der Waals surface area contributed by atoms with Crippen LogP contribution in [0.15, 0.2) is 18.2 Å². The second-order valence-corrected chi connectivity index (χ2v) is 4.04. The van der Waals surface area contributed by atoms with E-state index in [1.54, 1.807) is 12.1 Å². The maximum atomic E-state index is 12.9. The fourth-order valence-corrected chi connectivity index (χ4v) is 2.09. The van der Waals surface area contributed by atoms with E-state index < -0.39 is 5.91 Å². The predicted molar refractivity (Wildman–Crippen MR) is 58.4 cm³/mol. The predicted octanol–water partition coefficient (Wildman–Crippen LogP) is 2.29. The largest absolute Gasteiger partial charge is 0.301 e. The van der Waals surface area contributed by atoms with Gasteiger partial charge in [-0.1, -0.05) is 11.3 Å². The number of amides is 1. The van der Waals surface area contributed by atoms with E-state index in [1.807, 2.05) is 0 Å². The number of halogens is 1. The van der Waals surface area contributed by atoms with Gasteiger partial charge in [0.15, 0.2) is 5.13 Å². The molecule has 0 aliphatic rings. The minimum Gasteiger partial charge on any atom is -0.301 e. The maximum absolute atomic E-state index is 12.9. The molecule has 6 heteroatoms. The third-order valence-corrected chi connectivity index (χ3v) is 2.77. The number of nitriles is 1. The maximum Gasteiger partial charge on any atom is 0.240 e. The third-order valence-electron chi connectivity index (χ3n) is 1.84. The summed E-state index contributed by atoms with van der Waals surface area (Å²) in [4.78, 5) is 15.2. The summed E-state index contributed by atoms with van der Waals surface area (Å²) < 4.78 is 13.5. The van der Waals surface area contributed by atoms with Crippen LogP contribution in [0.3, 0.4) is 0 Å². The molecule has 16 heavy (non-hydrogen) atoms. The molecule has 1 heterocycles. The van der Waals surface area contributed by atoms with Crippen molar-refractivity contribution in [1.82, 2.24) is 4.98 Å². The zero-order valence-electron chi connectivity index (χ0n) is 8.03. The van der Waals surface area contributed by atoms with Crippen molar-refractivity contribution >= 4 is 32.6 Å². The lowest BCUT2D eigenvalue weighted by Crippen LogP contribution is -2.09. The van der Waals surface area contributed by atoms with Crippen molar-refractivity contribution in [3.05, 3.63) is 24.0 Å². The summed E-state index contributed by atoms with van der Waals surface area (Å²) in [6.07, 6.45) is -0.218. The van der Waals surface area contributed by atoms with E-state index in [2.05, 4.69) is 10.3 Å². The van der Waals surface area contributed by atoms with Gasteiger partial charge in [0.1, 0.15) is 12.2 Å². The fraction of sp³-hybridized carbons (Fsp3) is 0.100. The van der Waals surface area contributed by atoms with Crippen molar-refractivity contribution in [2.24, 2.45) is 0 Å². The summed E-state index contributed by atoms with van der Waals surface area (Å²) in [5.74, 6) is -0.756. The van der Waals surface area contributed by atoms with E-state index in [1.165, 1.54) is 23.5 Å². The van der Waals surface area contributed by atoms with Gasteiger partial charge in [0.05, 0.1) is 16.3 Å². The summed E-state index contributed by atoms with van der Waals surface area (Å²) in [6, 6.07) is 5.94. The Morgan fingerprint density at radius 3 is 3.19 bits per heavy atom. The van der Waals surface area contributed by atoms with Gasteiger partial charge in [0.25, 0.3) is 0 Å².